The van der Waals surface area contributed by atoms with Crippen molar-refractivity contribution in [3.8, 4) is 22.6 Å². The lowest BCUT2D eigenvalue weighted by molar-refractivity contribution is 0.0269. The van der Waals surface area contributed by atoms with Crippen molar-refractivity contribution in [2.75, 3.05) is 5.32 Å². The third-order valence-corrected chi connectivity index (χ3v) is 6.72. The van der Waals surface area contributed by atoms with Crippen LogP contribution in [0.5, 0.6) is 0 Å². The van der Waals surface area contributed by atoms with Gasteiger partial charge in [0.1, 0.15) is 11.6 Å². The van der Waals surface area contributed by atoms with E-state index in [1.165, 1.54) is 22.8 Å². The van der Waals surface area contributed by atoms with Gasteiger partial charge in [0.05, 0.1) is 23.0 Å². The van der Waals surface area contributed by atoms with Crippen LogP contribution in [0.3, 0.4) is 0 Å². The fraction of sp³-hybridized carbons (Fsp3) is 0.200. The molecule has 1 aromatic carbocycles. The van der Waals surface area contributed by atoms with Gasteiger partial charge in [-0.3, -0.25) is 9.25 Å². The second kappa shape index (κ2) is 9.31. The van der Waals surface area contributed by atoms with E-state index >= 15 is 8.78 Å². The molecule has 0 unspecified atom stereocenters. The highest BCUT2D eigenvalue weighted by Gasteiger charge is 2.44. The van der Waals surface area contributed by atoms with Gasteiger partial charge in [0.25, 0.3) is 0 Å². The monoisotopic (exact) mass is 540 g/mol. The Kier molecular flexibility index (Phi) is 6.28. The average molecular weight is 541 g/mol. The SMILES string of the molecule is C[C@H]1Cn2cc(-c3ccnc(Nc4ccnn4C)c3)cc2-c2nnc(C(F)(F)c3ccccc3Cl)n21.S. The molecular weight excluding hydrogens is 518 g/mol. The van der Waals surface area contributed by atoms with Crippen LogP contribution < -0.4 is 5.32 Å². The normalized spacial score (nSPS) is 14.6. The summed E-state index contributed by atoms with van der Waals surface area (Å²) in [5, 5.41) is 15.5. The molecule has 1 atom stereocenters. The number of hydrogen-bond acceptors (Lipinski definition) is 5. The number of nitrogens with one attached hydrogen (secondary N) is 1. The van der Waals surface area contributed by atoms with Gasteiger partial charge >= 0.3 is 5.92 Å². The Labute approximate surface area is 223 Å². The fourth-order valence-electron chi connectivity index (χ4n) is 4.61. The summed E-state index contributed by atoms with van der Waals surface area (Å²) in [4.78, 5) is 4.40. The van der Waals surface area contributed by atoms with Crippen molar-refractivity contribution in [3.63, 3.8) is 0 Å². The van der Waals surface area contributed by atoms with Crippen molar-refractivity contribution in [1.29, 1.82) is 0 Å². The molecule has 0 aliphatic carbocycles. The van der Waals surface area contributed by atoms with Gasteiger partial charge in [0.2, 0.25) is 5.82 Å². The first-order valence-corrected chi connectivity index (χ1v) is 11.7. The molecule has 0 amide bonds. The third kappa shape index (κ3) is 4.17. The molecule has 5 heterocycles. The molecule has 5 aromatic rings. The van der Waals surface area contributed by atoms with Gasteiger partial charge in [-0.05, 0) is 36.8 Å². The standard InChI is InChI=1S/C25H21ClF2N8.H2S/c1-15-13-35-14-17(16-7-9-29-21(12-16)31-22-8-10-30-34(22)2)11-20(35)23-32-33-24(36(15)23)25(27,28)18-5-3-4-6-19(18)26;/h3-12,14-15H,13H2,1-2H3,(H,29,31);1H2/t15-;/m0./s1. The van der Waals surface area contributed by atoms with Crippen LogP contribution in [0.1, 0.15) is 24.4 Å². The van der Waals surface area contributed by atoms with Crippen LogP contribution in [0.15, 0.2) is 67.1 Å². The van der Waals surface area contributed by atoms with E-state index in [1.54, 1.807) is 23.1 Å². The lowest BCUT2D eigenvalue weighted by atomic mass is 10.1. The molecule has 37 heavy (non-hydrogen) atoms. The topological polar surface area (TPSA) is 78.4 Å². The summed E-state index contributed by atoms with van der Waals surface area (Å²) in [6.45, 7) is 2.38. The summed E-state index contributed by atoms with van der Waals surface area (Å²) < 4.78 is 36.4. The lowest BCUT2D eigenvalue weighted by Crippen LogP contribution is -2.28. The Morgan fingerprint density at radius 2 is 1.86 bits per heavy atom. The maximum absolute atomic E-state index is 15.6. The second-order valence-electron chi connectivity index (χ2n) is 8.78. The van der Waals surface area contributed by atoms with Crippen LogP contribution in [0.2, 0.25) is 5.02 Å². The number of alkyl halides is 2. The minimum absolute atomic E-state index is 0. The number of nitrogens with zero attached hydrogens (tertiary/aromatic N) is 7. The van der Waals surface area contributed by atoms with E-state index < -0.39 is 11.7 Å². The summed E-state index contributed by atoms with van der Waals surface area (Å²) in [5.74, 6) is -1.95. The average Bonchev–Trinajstić information content (AvgIpc) is 3.58. The first-order chi connectivity index (χ1) is 17.3. The number of aryl methyl sites for hydroxylation is 1. The van der Waals surface area contributed by atoms with Gasteiger partial charge in [0, 0.05) is 43.2 Å². The van der Waals surface area contributed by atoms with E-state index in [1.807, 2.05) is 49.0 Å². The number of anilines is 2. The lowest BCUT2D eigenvalue weighted by Gasteiger charge is -2.27. The number of rotatable bonds is 5. The fourth-order valence-corrected chi connectivity index (χ4v) is 4.87. The number of aromatic nitrogens is 7. The first-order valence-electron chi connectivity index (χ1n) is 11.3. The highest BCUT2D eigenvalue weighted by Crippen LogP contribution is 2.43. The summed E-state index contributed by atoms with van der Waals surface area (Å²) in [6, 6.07) is 13.3. The van der Waals surface area contributed by atoms with Crippen LogP contribution in [0.4, 0.5) is 20.4 Å². The Balaban J connectivity index is 0.00000280. The Bertz CT molecular complexity index is 1590. The largest absolute Gasteiger partial charge is 0.342 e. The van der Waals surface area contributed by atoms with E-state index in [4.69, 9.17) is 11.6 Å². The molecule has 1 N–H and O–H groups in total. The maximum Gasteiger partial charge on any atom is 0.333 e. The van der Waals surface area contributed by atoms with Gasteiger partial charge in [-0.25, -0.2) is 4.98 Å². The maximum atomic E-state index is 15.6. The molecule has 0 spiro atoms. The van der Waals surface area contributed by atoms with Crippen molar-refractivity contribution in [3.05, 3.63) is 83.5 Å². The van der Waals surface area contributed by atoms with E-state index in [9.17, 15) is 0 Å². The quantitative estimate of drug-likeness (QED) is 0.306. The highest BCUT2D eigenvalue weighted by molar-refractivity contribution is 7.59. The number of benzene rings is 1. The van der Waals surface area contributed by atoms with Crippen molar-refractivity contribution < 1.29 is 8.78 Å². The number of fused-ring (bicyclic) bond motifs is 3. The molecule has 6 rings (SSSR count). The molecular formula is C25H23ClF2N8S. The molecule has 0 radical (unpaired) electrons. The Morgan fingerprint density at radius 1 is 1.05 bits per heavy atom. The van der Waals surface area contributed by atoms with E-state index in [-0.39, 0.29) is 30.1 Å². The second-order valence-corrected chi connectivity index (χ2v) is 9.19. The summed E-state index contributed by atoms with van der Waals surface area (Å²) in [6.07, 6.45) is 5.42. The third-order valence-electron chi connectivity index (χ3n) is 6.39. The van der Waals surface area contributed by atoms with E-state index in [0.717, 1.165) is 22.6 Å². The molecule has 0 saturated heterocycles. The van der Waals surface area contributed by atoms with Crippen molar-refractivity contribution in [2.24, 2.45) is 7.05 Å². The van der Waals surface area contributed by atoms with E-state index in [2.05, 4.69) is 25.6 Å². The van der Waals surface area contributed by atoms with E-state index in [0.29, 0.717) is 18.2 Å². The first kappa shape index (κ1) is 25.0. The molecule has 1 aliphatic heterocycles. The number of pyridine rings is 1. The van der Waals surface area contributed by atoms with Gasteiger partial charge in [-0.1, -0.05) is 29.8 Å². The number of hydrogen-bond donors (Lipinski definition) is 1. The van der Waals surface area contributed by atoms with Crippen LogP contribution in [0.25, 0.3) is 22.6 Å². The van der Waals surface area contributed by atoms with Crippen LogP contribution in [-0.4, -0.2) is 34.1 Å². The zero-order valence-electron chi connectivity index (χ0n) is 19.9. The van der Waals surface area contributed by atoms with Crippen LogP contribution in [-0.2, 0) is 19.5 Å². The van der Waals surface area contributed by atoms with Crippen molar-refractivity contribution in [1.82, 2.24) is 34.1 Å². The summed E-state index contributed by atoms with van der Waals surface area (Å²) in [7, 11) is 1.84. The zero-order valence-corrected chi connectivity index (χ0v) is 21.7. The predicted molar refractivity (Wildman–Crippen MR) is 143 cm³/mol. The van der Waals surface area contributed by atoms with Crippen molar-refractivity contribution in [2.45, 2.75) is 25.4 Å². The van der Waals surface area contributed by atoms with Gasteiger partial charge in [-0.2, -0.15) is 27.4 Å². The van der Waals surface area contributed by atoms with Crippen LogP contribution >= 0.6 is 25.1 Å². The molecule has 0 bridgehead atoms. The highest BCUT2D eigenvalue weighted by atomic mass is 35.5. The molecule has 1 aliphatic rings. The molecule has 12 heteroatoms. The molecule has 0 saturated carbocycles. The van der Waals surface area contributed by atoms with Crippen LogP contribution in [0, 0.1) is 0 Å². The smallest absolute Gasteiger partial charge is 0.333 e. The predicted octanol–water partition coefficient (Wildman–Crippen LogP) is 5.77. The Morgan fingerprint density at radius 3 is 2.62 bits per heavy atom. The number of halogens is 3. The van der Waals surface area contributed by atoms with Gasteiger partial charge in [-0.15, -0.1) is 10.2 Å². The summed E-state index contributed by atoms with van der Waals surface area (Å²) >= 11 is 6.11. The Hall–Kier alpha value is -3.70. The minimum atomic E-state index is -3.40. The van der Waals surface area contributed by atoms with Gasteiger partial charge < -0.3 is 9.88 Å². The minimum Gasteiger partial charge on any atom is -0.342 e. The summed E-state index contributed by atoms with van der Waals surface area (Å²) in [5.41, 5.74) is 2.27. The van der Waals surface area contributed by atoms with Crippen molar-refractivity contribution >= 4 is 36.7 Å². The molecule has 0 fully saturated rings. The van der Waals surface area contributed by atoms with Gasteiger partial charge in [0.15, 0.2) is 5.82 Å². The molecule has 8 nitrogen and oxygen atoms in total. The zero-order chi connectivity index (χ0) is 25.0. The molecule has 4 aromatic heterocycles. The molecule has 190 valence electrons.